The molecule has 0 aliphatic carbocycles. The lowest BCUT2D eigenvalue weighted by atomic mass is 10.4. The van der Waals surface area contributed by atoms with Crippen LogP contribution in [0.3, 0.4) is 0 Å². The number of hydrogen-bond acceptors (Lipinski definition) is 4. The lowest BCUT2D eigenvalue weighted by molar-refractivity contribution is -0.0679. The van der Waals surface area contributed by atoms with E-state index in [0.29, 0.717) is 26.6 Å². The predicted octanol–water partition coefficient (Wildman–Crippen LogP) is 1.14. The van der Waals surface area contributed by atoms with Crippen LogP contribution >= 0.6 is 0 Å². The maximum absolute atomic E-state index is 5.31. The molecule has 0 spiro atoms. The van der Waals surface area contributed by atoms with Crippen molar-refractivity contribution in [1.29, 1.82) is 0 Å². The van der Waals surface area contributed by atoms with E-state index in [1.807, 2.05) is 18.5 Å². The summed E-state index contributed by atoms with van der Waals surface area (Å²) in [6.45, 7) is 6.86. The summed E-state index contributed by atoms with van der Waals surface area (Å²) in [5.74, 6) is 0. The molecule has 1 aromatic heterocycles. The summed E-state index contributed by atoms with van der Waals surface area (Å²) in [5.41, 5.74) is 2.19. The summed E-state index contributed by atoms with van der Waals surface area (Å²) in [7, 11) is 1.65. The van der Waals surface area contributed by atoms with Crippen LogP contribution in [0.4, 0.5) is 0 Å². The molecule has 5 nitrogen and oxygen atoms in total. The Kier molecular flexibility index (Phi) is 6.07. The summed E-state index contributed by atoms with van der Waals surface area (Å²) in [4.78, 5) is 0. The van der Waals surface area contributed by atoms with Crippen LogP contribution in [-0.2, 0) is 20.8 Å². The molecule has 0 unspecified atom stereocenters. The quantitative estimate of drug-likeness (QED) is 0.494. The van der Waals surface area contributed by atoms with E-state index in [4.69, 9.17) is 14.2 Å². The molecule has 0 atom stereocenters. The Balaban J connectivity index is 2.05. The molecule has 0 N–H and O–H groups in total. The number of aryl methyl sites for hydroxylation is 2. The number of nitrogens with zero attached hydrogens (tertiary/aromatic N) is 2. The molecule has 1 heterocycles. The van der Waals surface area contributed by atoms with Gasteiger partial charge in [-0.3, -0.25) is 4.68 Å². The summed E-state index contributed by atoms with van der Waals surface area (Å²) in [6.07, 6.45) is 0. The van der Waals surface area contributed by atoms with Gasteiger partial charge in [0.05, 0.1) is 32.1 Å². The predicted molar refractivity (Wildman–Crippen MR) is 60.3 cm³/mol. The number of ether oxygens (including phenoxy) is 3. The first kappa shape index (κ1) is 13.2. The zero-order chi connectivity index (χ0) is 11.8. The van der Waals surface area contributed by atoms with Crippen molar-refractivity contribution in [3.8, 4) is 0 Å². The van der Waals surface area contributed by atoms with Gasteiger partial charge in [0.1, 0.15) is 6.79 Å². The Morgan fingerprint density at radius 2 is 1.94 bits per heavy atom. The Hall–Kier alpha value is -0.910. The third kappa shape index (κ3) is 4.74. The van der Waals surface area contributed by atoms with Gasteiger partial charge in [-0.25, -0.2) is 0 Å². The molecule has 1 rings (SSSR count). The van der Waals surface area contributed by atoms with Gasteiger partial charge in [0, 0.05) is 12.8 Å². The van der Waals surface area contributed by atoms with Gasteiger partial charge in [0.2, 0.25) is 0 Å². The zero-order valence-electron chi connectivity index (χ0n) is 10.2. The van der Waals surface area contributed by atoms with Gasteiger partial charge in [-0.1, -0.05) is 0 Å². The SMILES string of the molecule is COCCOCOCCn1nc(C)cc1C. The second kappa shape index (κ2) is 7.38. The minimum atomic E-state index is 0.308. The van der Waals surface area contributed by atoms with Crippen LogP contribution in [0, 0.1) is 13.8 Å². The van der Waals surface area contributed by atoms with Gasteiger partial charge in [-0.15, -0.1) is 0 Å². The van der Waals surface area contributed by atoms with Crippen LogP contribution in [0.2, 0.25) is 0 Å². The van der Waals surface area contributed by atoms with E-state index in [1.54, 1.807) is 7.11 Å². The molecular weight excluding hydrogens is 208 g/mol. The van der Waals surface area contributed by atoms with E-state index in [9.17, 15) is 0 Å². The van der Waals surface area contributed by atoms with Crippen LogP contribution in [0.25, 0.3) is 0 Å². The second-order valence-electron chi connectivity index (χ2n) is 3.58. The van der Waals surface area contributed by atoms with Crippen LogP contribution in [0.1, 0.15) is 11.4 Å². The van der Waals surface area contributed by atoms with E-state index in [1.165, 1.54) is 0 Å². The van der Waals surface area contributed by atoms with Crippen molar-refractivity contribution in [2.24, 2.45) is 0 Å². The number of aromatic nitrogens is 2. The molecule has 0 saturated heterocycles. The van der Waals surface area contributed by atoms with Gasteiger partial charge in [-0.2, -0.15) is 5.10 Å². The fraction of sp³-hybridized carbons (Fsp3) is 0.727. The van der Waals surface area contributed by atoms with E-state index >= 15 is 0 Å². The molecule has 0 saturated carbocycles. The molecule has 0 aliphatic rings. The molecular formula is C11H20N2O3. The molecule has 0 bridgehead atoms. The van der Waals surface area contributed by atoms with Gasteiger partial charge in [0.15, 0.2) is 0 Å². The number of hydrogen-bond donors (Lipinski definition) is 0. The van der Waals surface area contributed by atoms with Crippen molar-refractivity contribution in [3.63, 3.8) is 0 Å². The molecule has 0 amide bonds. The first-order chi connectivity index (χ1) is 7.74. The van der Waals surface area contributed by atoms with Crippen molar-refractivity contribution in [2.45, 2.75) is 20.4 Å². The molecule has 92 valence electrons. The normalized spacial score (nSPS) is 10.9. The van der Waals surface area contributed by atoms with Crippen LogP contribution < -0.4 is 0 Å². The van der Waals surface area contributed by atoms with Gasteiger partial charge < -0.3 is 14.2 Å². The van der Waals surface area contributed by atoms with Crippen molar-refractivity contribution >= 4 is 0 Å². The van der Waals surface area contributed by atoms with E-state index in [0.717, 1.165) is 17.9 Å². The van der Waals surface area contributed by atoms with E-state index < -0.39 is 0 Å². The van der Waals surface area contributed by atoms with Crippen molar-refractivity contribution in [3.05, 3.63) is 17.5 Å². The molecule has 0 aromatic carbocycles. The molecule has 0 fully saturated rings. The Labute approximate surface area is 96.3 Å². The van der Waals surface area contributed by atoms with Crippen LogP contribution in [-0.4, -0.2) is 43.5 Å². The monoisotopic (exact) mass is 228 g/mol. The smallest absolute Gasteiger partial charge is 0.146 e. The van der Waals surface area contributed by atoms with Crippen molar-refractivity contribution < 1.29 is 14.2 Å². The highest BCUT2D eigenvalue weighted by Gasteiger charge is 1.99. The third-order valence-corrected chi connectivity index (χ3v) is 2.15. The van der Waals surface area contributed by atoms with Gasteiger partial charge in [-0.05, 0) is 19.9 Å². The second-order valence-corrected chi connectivity index (χ2v) is 3.58. The highest BCUT2D eigenvalue weighted by molar-refractivity contribution is 5.06. The topological polar surface area (TPSA) is 45.5 Å². The Morgan fingerprint density at radius 3 is 2.56 bits per heavy atom. The molecule has 16 heavy (non-hydrogen) atoms. The van der Waals surface area contributed by atoms with Crippen LogP contribution in [0.15, 0.2) is 6.07 Å². The maximum atomic E-state index is 5.31. The van der Waals surface area contributed by atoms with Crippen molar-refractivity contribution in [2.75, 3.05) is 33.7 Å². The molecule has 0 radical (unpaired) electrons. The highest BCUT2D eigenvalue weighted by Crippen LogP contribution is 2.01. The summed E-state index contributed by atoms with van der Waals surface area (Å²) in [6, 6.07) is 2.05. The average molecular weight is 228 g/mol. The fourth-order valence-electron chi connectivity index (χ4n) is 1.37. The minimum absolute atomic E-state index is 0.308. The molecule has 1 aromatic rings. The summed E-state index contributed by atoms with van der Waals surface area (Å²) in [5, 5.41) is 4.33. The van der Waals surface area contributed by atoms with E-state index in [-0.39, 0.29) is 0 Å². The Bertz CT molecular complexity index is 299. The number of rotatable bonds is 8. The fourth-order valence-corrected chi connectivity index (χ4v) is 1.37. The summed E-state index contributed by atoms with van der Waals surface area (Å²) >= 11 is 0. The van der Waals surface area contributed by atoms with Crippen molar-refractivity contribution in [1.82, 2.24) is 9.78 Å². The summed E-state index contributed by atoms with van der Waals surface area (Å²) < 4.78 is 17.3. The van der Waals surface area contributed by atoms with Crippen LogP contribution in [0.5, 0.6) is 0 Å². The highest BCUT2D eigenvalue weighted by atomic mass is 16.7. The van der Waals surface area contributed by atoms with Gasteiger partial charge in [0.25, 0.3) is 0 Å². The lowest BCUT2D eigenvalue weighted by Crippen LogP contribution is -2.12. The maximum Gasteiger partial charge on any atom is 0.146 e. The first-order valence-electron chi connectivity index (χ1n) is 5.39. The average Bonchev–Trinajstić information content (AvgIpc) is 2.56. The lowest BCUT2D eigenvalue weighted by Gasteiger charge is -2.06. The molecule has 0 aliphatic heterocycles. The zero-order valence-corrected chi connectivity index (χ0v) is 10.2. The largest absolute Gasteiger partial charge is 0.382 e. The minimum Gasteiger partial charge on any atom is -0.382 e. The van der Waals surface area contributed by atoms with Gasteiger partial charge >= 0.3 is 0 Å². The van der Waals surface area contributed by atoms with E-state index in [2.05, 4.69) is 11.2 Å². The third-order valence-electron chi connectivity index (χ3n) is 2.15. The first-order valence-corrected chi connectivity index (χ1v) is 5.39. The molecule has 5 heteroatoms. The Morgan fingerprint density at radius 1 is 1.19 bits per heavy atom. The standard InChI is InChI=1S/C11H20N2O3/c1-10-8-11(2)13(12-10)4-5-15-9-16-7-6-14-3/h8H,4-7,9H2,1-3H3. The number of methoxy groups -OCH3 is 1.